The van der Waals surface area contributed by atoms with E-state index in [1.54, 1.807) is 0 Å². The molecule has 1 heterocycles. The topological polar surface area (TPSA) is 64.3 Å². The monoisotopic (exact) mass is 262 g/mol. The Morgan fingerprint density at radius 2 is 2.00 bits per heavy atom. The second kappa shape index (κ2) is 6.17. The molecule has 0 spiro atoms. The van der Waals surface area contributed by atoms with Gasteiger partial charge in [-0.3, -0.25) is 4.79 Å². The van der Waals surface area contributed by atoms with E-state index in [0.717, 1.165) is 18.4 Å². The van der Waals surface area contributed by atoms with Gasteiger partial charge in [-0.25, -0.2) is 0 Å². The van der Waals surface area contributed by atoms with Crippen LogP contribution in [0.2, 0.25) is 0 Å². The van der Waals surface area contributed by atoms with Crippen molar-refractivity contribution in [2.45, 2.75) is 31.2 Å². The summed E-state index contributed by atoms with van der Waals surface area (Å²) in [6.07, 6.45) is 1.44. The Hall–Kier alpha value is -1.39. The lowest BCUT2D eigenvalue weighted by molar-refractivity contribution is -0.131. The summed E-state index contributed by atoms with van der Waals surface area (Å²) in [6, 6.07) is 9.97. The maximum atomic E-state index is 12.7. The van der Waals surface area contributed by atoms with E-state index in [0.29, 0.717) is 19.8 Å². The summed E-state index contributed by atoms with van der Waals surface area (Å²) >= 11 is 0. The SMILES string of the molecule is C[C@@H](CN)NC(=O)C1(c2ccccc2)CCOCC1. The minimum absolute atomic E-state index is 0.00377. The fourth-order valence-corrected chi connectivity index (χ4v) is 2.54. The maximum absolute atomic E-state index is 12.7. The predicted octanol–water partition coefficient (Wildman–Crippen LogP) is 1.20. The average molecular weight is 262 g/mol. The van der Waals surface area contributed by atoms with Crippen LogP contribution in [-0.4, -0.2) is 31.7 Å². The molecule has 1 aromatic rings. The Morgan fingerprint density at radius 1 is 1.37 bits per heavy atom. The number of amides is 1. The van der Waals surface area contributed by atoms with Crippen molar-refractivity contribution in [2.24, 2.45) is 5.73 Å². The van der Waals surface area contributed by atoms with Gasteiger partial charge in [-0.1, -0.05) is 30.3 Å². The van der Waals surface area contributed by atoms with Crippen molar-refractivity contribution in [1.82, 2.24) is 5.32 Å². The first kappa shape index (κ1) is 14.0. The van der Waals surface area contributed by atoms with Gasteiger partial charge < -0.3 is 15.8 Å². The number of benzene rings is 1. The van der Waals surface area contributed by atoms with Crippen LogP contribution in [0.25, 0.3) is 0 Å². The fourth-order valence-electron chi connectivity index (χ4n) is 2.54. The number of carbonyl (C=O) groups is 1. The van der Waals surface area contributed by atoms with E-state index in [9.17, 15) is 4.79 Å². The first-order chi connectivity index (χ1) is 9.19. The highest BCUT2D eigenvalue weighted by Gasteiger charge is 2.41. The first-order valence-corrected chi connectivity index (χ1v) is 6.83. The molecule has 0 aromatic heterocycles. The van der Waals surface area contributed by atoms with Gasteiger partial charge in [-0.15, -0.1) is 0 Å². The van der Waals surface area contributed by atoms with E-state index < -0.39 is 5.41 Å². The molecule has 2 rings (SSSR count). The molecule has 1 saturated heterocycles. The van der Waals surface area contributed by atoms with Crippen molar-refractivity contribution < 1.29 is 9.53 Å². The van der Waals surface area contributed by atoms with Crippen molar-refractivity contribution in [3.05, 3.63) is 35.9 Å². The molecule has 104 valence electrons. The first-order valence-electron chi connectivity index (χ1n) is 6.83. The molecule has 4 heteroatoms. The van der Waals surface area contributed by atoms with E-state index in [2.05, 4.69) is 5.32 Å². The number of hydrogen-bond donors (Lipinski definition) is 2. The highest BCUT2D eigenvalue weighted by molar-refractivity contribution is 5.88. The molecule has 0 bridgehead atoms. The van der Waals surface area contributed by atoms with Crippen LogP contribution in [0.5, 0.6) is 0 Å². The van der Waals surface area contributed by atoms with Crippen molar-refractivity contribution in [1.29, 1.82) is 0 Å². The Balaban J connectivity index is 2.27. The quantitative estimate of drug-likeness (QED) is 0.857. The van der Waals surface area contributed by atoms with E-state index in [1.165, 1.54) is 0 Å². The van der Waals surface area contributed by atoms with Gasteiger partial charge >= 0.3 is 0 Å². The van der Waals surface area contributed by atoms with E-state index in [1.807, 2.05) is 37.3 Å². The third-order valence-electron chi connectivity index (χ3n) is 3.84. The smallest absolute Gasteiger partial charge is 0.231 e. The van der Waals surface area contributed by atoms with Crippen LogP contribution >= 0.6 is 0 Å². The molecular weight excluding hydrogens is 240 g/mol. The summed E-state index contributed by atoms with van der Waals surface area (Å²) < 4.78 is 5.42. The summed E-state index contributed by atoms with van der Waals surface area (Å²) in [5, 5.41) is 3.02. The van der Waals surface area contributed by atoms with Crippen LogP contribution in [0.15, 0.2) is 30.3 Å². The third-order valence-corrected chi connectivity index (χ3v) is 3.84. The standard InChI is InChI=1S/C15H22N2O2/c1-12(11-16)17-14(18)15(7-9-19-10-8-15)13-5-3-2-4-6-13/h2-6,12H,7-11,16H2,1H3,(H,17,18)/t12-/m0/s1. The number of nitrogens with two attached hydrogens (primary N) is 1. The Bertz CT molecular complexity index is 413. The van der Waals surface area contributed by atoms with Crippen LogP contribution < -0.4 is 11.1 Å². The lowest BCUT2D eigenvalue weighted by atomic mass is 9.73. The van der Waals surface area contributed by atoms with Gasteiger partial charge in [0.25, 0.3) is 0 Å². The lowest BCUT2D eigenvalue weighted by Gasteiger charge is -2.37. The molecule has 1 aliphatic rings. The Kier molecular flexibility index (Phi) is 4.56. The molecule has 0 aliphatic carbocycles. The predicted molar refractivity (Wildman–Crippen MR) is 74.8 cm³/mol. The van der Waals surface area contributed by atoms with Gasteiger partial charge in [0.1, 0.15) is 0 Å². The number of ether oxygens (including phenoxy) is 1. The second-order valence-electron chi connectivity index (χ2n) is 5.17. The maximum Gasteiger partial charge on any atom is 0.231 e. The Morgan fingerprint density at radius 3 is 2.58 bits per heavy atom. The van der Waals surface area contributed by atoms with Gasteiger partial charge in [-0.2, -0.15) is 0 Å². The second-order valence-corrected chi connectivity index (χ2v) is 5.17. The molecule has 4 nitrogen and oxygen atoms in total. The van der Waals surface area contributed by atoms with Crippen LogP contribution in [0, 0.1) is 0 Å². The zero-order valence-electron chi connectivity index (χ0n) is 11.4. The van der Waals surface area contributed by atoms with E-state index in [-0.39, 0.29) is 11.9 Å². The van der Waals surface area contributed by atoms with Gasteiger partial charge in [0.15, 0.2) is 0 Å². The van der Waals surface area contributed by atoms with Crippen molar-refractivity contribution in [3.63, 3.8) is 0 Å². The Labute approximate surface area is 114 Å². The molecule has 1 fully saturated rings. The molecule has 1 aliphatic heterocycles. The lowest BCUT2D eigenvalue weighted by Crippen LogP contribution is -2.51. The zero-order valence-corrected chi connectivity index (χ0v) is 11.4. The third kappa shape index (κ3) is 2.96. The number of nitrogens with one attached hydrogen (secondary N) is 1. The number of hydrogen-bond acceptors (Lipinski definition) is 3. The zero-order chi connectivity index (χ0) is 13.7. The van der Waals surface area contributed by atoms with Crippen LogP contribution in [-0.2, 0) is 14.9 Å². The normalized spacial score (nSPS) is 19.7. The molecule has 0 saturated carbocycles. The van der Waals surface area contributed by atoms with Crippen LogP contribution in [0.4, 0.5) is 0 Å². The van der Waals surface area contributed by atoms with Gasteiger partial charge in [0.2, 0.25) is 5.91 Å². The minimum atomic E-state index is -0.469. The van der Waals surface area contributed by atoms with Crippen molar-refractivity contribution >= 4 is 5.91 Å². The molecule has 1 aromatic carbocycles. The number of rotatable bonds is 4. The largest absolute Gasteiger partial charge is 0.381 e. The molecular formula is C15H22N2O2. The molecule has 1 amide bonds. The highest BCUT2D eigenvalue weighted by atomic mass is 16.5. The molecule has 0 radical (unpaired) electrons. The van der Waals surface area contributed by atoms with E-state index in [4.69, 9.17) is 10.5 Å². The minimum Gasteiger partial charge on any atom is -0.381 e. The van der Waals surface area contributed by atoms with Crippen LogP contribution in [0.1, 0.15) is 25.3 Å². The summed E-state index contributed by atoms with van der Waals surface area (Å²) in [6.45, 7) is 3.63. The molecule has 1 atom stereocenters. The van der Waals surface area contributed by atoms with Crippen molar-refractivity contribution in [3.8, 4) is 0 Å². The van der Waals surface area contributed by atoms with E-state index >= 15 is 0 Å². The molecule has 0 unspecified atom stereocenters. The summed E-state index contributed by atoms with van der Waals surface area (Å²) in [7, 11) is 0. The van der Waals surface area contributed by atoms with Gasteiger partial charge in [0, 0.05) is 25.8 Å². The fraction of sp³-hybridized carbons (Fsp3) is 0.533. The van der Waals surface area contributed by atoms with Crippen molar-refractivity contribution in [2.75, 3.05) is 19.8 Å². The summed E-state index contributed by atoms with van der Waals surface area (Å²) in [5.41, 5.74) is 6.19. The molecule has 19 heavy (non-hydrogen) atoms. The van der Waals surface area contributed by atoms with Gasteiger partial charge in [0.05, 0.1) is 5.41 Å². The summed E-state index contributed by atoms with van der Waals surface area (Å²) in [4.78, 5) is 12.7. The van der Waals surface area contributed by atoms with Crippen LogP contribution in [0.3, 0.4) is 0 Å². The number of carbonyl (C=O) groups excluding carboxylic acids is 1. The molecule has 3 N–H and O–H groups in total. The highest BCUT2D eigenvalue weighted by Crippen LogP contribution is 2.35. The average Bonchev–Trinajstić information content (AvgIpc) is 2.48. The van der Waals surface area contributed by atoms with Gasteiger partial charge in [-0.05, 0) is 25.3 Å². The summed E-state index contributed by atoms with van der Waals surface area (Å²) in [5.74, 6) is 0.0694.